The third-order valence-electron chi connectivity index (χ3n) is 3.75. The molecule has 0 radical (unpaired) electrons. The number of hydrogen-bond acceptors (Lipinski definition) is 3. The molecule has 0 aliphatic carbocycles. The summed E-state index contributed by atoms with van der Waals surface area (Å²) in [5, 5.41) is 0. The van der Waals surface area contributed by atoms with Crippen LogP contribution in [0.4, 0.5) is 4.79 Å². The first-order chi connectivity index (χ1) is 9.39. The molecule has 1 aliphatic heterocycles. The fourth-order valence-corrected chi connectivity index (χ4v) is 2.77. The molecule has 1 heterocycles. The predicted molar refractivity (Wildman–Crippen MR) is 79.3 cm³/mol. The van der Waals surface area contributed by atoms with Gasteiger partial charge in [-0.05, 0) is 45.7 Å². The number of rotatable bonds is 3. The maximum atomic E-state index is 12.4. The minimum absolute atomic E-state index is 0.249. The largest absolute Gasteiger partial charge is 0.444 e. The highest BCUT2D eigenvalue weighted by atomic mass is 16.6. The average molecular weight is 276 g/mol. The van der Waals surface area contributed by atoms with Crippen LogP contribution < -0.4 is 5.73 Å². The van der Waals surface area contributed by atoms with Gasteiger partial charge >= 0.3 is 6.09 Å². The van der Waals surface area contributed by atoms with Crippen LogP contribution in [-0.4, -0.2) is 29.7 Å². The zero-order valence-electron chi connectivity index (χ0n) is 12.6. The highest BCUT2D eigenvalue weighted by Gasteiger charge is 2.49. The molecule has 20 heavy (non-hydrogen) atoms. The lowest BCUT2D eigenvalue weighted by atomic mass is 9.76. The number of likely N-dealkylation sites (tertiary alicyclic amines) is 1. The molecule has 0 saturated carbocycles. The number of carbonyl (C=O) groups is 1. The lowest BCUT2D eigenvalue weighted by Gasteiger charge is -2.53. The quantitative estimate of drug-likeness (QED) is 0.923. The molecule has 2 rings (SSSR count). The maximum Gasteiger partial charge on any atom is 0.411 e. The fourth-order valence-electron chi connectivity index (χ4n) is 2.77. The van der Waals surface area contributed by atoms with Gasteiger partial charge in [-0.15, -0.1) is 0 Å². The van der Waals surface area contributed by atoms with Crippen molar-refractivity contribution in [3.8, 4) is 0 Å². The molecule has 1 amide bonds. The Morgan fingerprint density at radius 3 is 2.45 bits per heavy atom. The Morgan fingerprint density at radius 1 is 1.35 bits per heavy atom. The van der Waals surface area contributed by atoms with Gasteiger partial charge in [0.1, 0.15) is 5.60 Å². The van der Waals surface area contributed by atoms with E-state index in [2.05, 4.69) is 12.1 Å². The van der Waals surface area contributed by atoms with E-state index in [0.29, 0.717) is 6.54 Å². The van der Waals surface area contributed by atoms with Crippen molar-refractivity contribution >= 4 is 6.09 Å². The van der Waals surface area contributed by atoms with E-state index in [0.717, 1.165) is 24.9 Å². The topological polar surface area (TPSA) is 55.6 Å². The molecular weight excluding hydrogens is 252 g/mol. The van der Waals surface area contributed by atoms with Crippen molar-refractivity contribution in [2.24, 2.45) is 5.73 Å². The zero-order valence-corrected chi connectivity index (χ0v) is 12.6. The van der Waals surface area contributed by atoms with Crippen molar-refractivity contribution in [2.45, 2.75) is 44.8 Å². The van der Waals surface area contributed by atoms with Crippen molar-refractivity contribution in [1.29, 1.82) is 0 Å². The summed E-state index contributed by atoms with van der Waals surface area (Å²) < 4.78 is 5.51. The highest BCUT2D eigenvalue weighted by Crippen LogP contribution is 2.43. The van der Waals surface area contributed by atoms with Crippen LogP contribution in [0.15, 0.2) is 30.3 Å². The smallest absolute Gasteiger partial charge is 0.411 e. The molecule has 1 aliphatic rings. The Balaban J connectivity index is 2.24. The molecule has 0 aromatic heterocycles. The Bertz CT molecular complexity index is 467. The first-order valence-electron chi connectivity index (χ1n) is 7.15. The van der Waals surface area contributed by atoms with Gasteiger partial charge < -0.3 is 10.5 Å². The molecule has 1 fully saturated rings. The number of amides is 1. The molecule has 1 saturated heterocycles. The van der Waals surface area contributed by atoms with Crippen LogP contribution in [0.25, 0.3) is 0 Å². The maximum absolute atomic E-state index is 12.4. The molecule has 2 N–H and O–H groups in total. The van der Waals surface area contributed by atoms with E-state index in [1.54, 1.807) is 0 Å². The van der Waals surface area contributed by atoms with E-state index >= 15 is 0 Å². The van der Waals surface area contributed by atoms with Gasteiger partial charge in [0.25, 0.3) is 0 Å². The van der Waals surface area contributed by atoms with E-state index in [-0.39, 0.29) is 11.6 Å². The van der Waals surface area contributed by atoms with E-state index in [1.807, 2.05) is 43.9 Å². The van der Waals surface area contributed by atoms with Crippen LogP contribution in [0.2, 0.25) is 0 Å². The summed E-state index contributed by atoms with van der Waals surface area (Å²) in [6.45, 7) is 6.94. The second-order valence-corrected chi connectivity index (χ2v) is 6.32. The SMILES string of the molecule is CC(C)(C)OC(=O)N1CCC1(CCN)c1ccccc1. The van der Waals surface area contributed by atoms with Gasteiger partial charge in [0.05, 0.1) is 5.54 Å². The van der Waals surface area contributed by atoms with Gasteiger partial charge in [-0.3, -0.25) is 4.90 Å². The normalized spacial score (nSPS) is 22.3. The van der Waals surface area contributed by atoms with Crippen LogP contribution in [-0.2, 0) is 10.3 Å². The third-order valence-corrected chi connectivity index (χ3v) is 3.75. The Morgan fingerprint density at radius 2 is 2.00 bits per heavy atom. The van der Waals surface area contributed by atoms with E-state index in [4.69, 9.17) is 10.5 Å². The molecule has 1 aromatic carbocycles. The van der Waals surface area contributed by atoms with Crippen LogP contribution >= 0.6 is 0 Å². The molecular formula is C16H24N2O2. The van der Waals surface area contributed by atoms with Gasteiger partial charge in [0.2, 0.25) is 0 Å². The molecule has 4 nitrogen and oxygen atoms in total. The van der Waals surface area contributed by atoms with Crippen LogP contribution in [0, 0.1) is 0 Å². The molecule has 4 heteroatoms. The summed E-state index contributed by atoms with van der Waals surface area (Å²) in [7, 11) is 0. The molecule has 0 spiro atoms. The van der Waals surface area contributed by atoms with Crippen LogP contribution in [0.1, 0.15) is 39.2 Å². The number of nitrogens with zero attached hydrogens (tertiary/aromatic N) is 1. The first kappa shape index (κ1) is 14.9. The second kappa shape index (κ2) is 5.44. The number of nitrogens with two attached hydrogens (primary N) is 1. The second-order valence-electron chi connectivity index (χ2n) is 6.32. The van der Waals surface area contributed by atoms with Gasteiger partial charge in [0, 0.05) is 6.54 Å². The number of ether oxygens (including phenoxy) is 1. The van der Waals surface area contributed by atoms with Crippen molar-refractivity contribution in [3.63, 3.8) is 0 Å². The fraction of sp³-hybridized carbons (Fsp3) is 0.562. The Labute approximate surface area is 120 Å². The summed E-state index contributed by atoms with van der Waals surface area (Å²) in [5.41, 5.74) is 6.15. The number of carbonyl (C=O) groups excluding carboxylic acids is 1. The van der Waals surface area contributed by atoms with Crippen molar-refractivity contribution < 1.29 is 9.53 Å². The summed E-state index contributed by atoms with van der Waals surface area (Å²) in [4.78, 5) is 14.2. The number of benzene rings is 1. The molecule has 0 bridgehead atoms. The van der Waals surface area contributed by atoms with Gasteiger partial charge in [-0.2, -0.15) is 0 Å². The molecule has 110 valence electrons. The summed E-state index contributed by atoms with van der Waals surface area (Å²) in [6.07, 6.45) is 1.45. The Hall–Kier alpha value is -1.55. The van der Waals surface area contributed by atoms with Gasteiger partial charge in [-0.1, -0.05) is 30.3 Å². The standard InChI is InChI=1S/C16H24N2O2/c1-15(2,3)20-14(19)18-12-10-16(18,9-11-17)13-7-5-4-6-8-13/h4-8H,9-12,17H2,1-3H3. The molecule has 1 unspecified atom stereocenters. The minimum atomic E-state index is -0.474. The third kappa shape index (κ3) is 2.80. The predicted octanol–water partition coefficient (Wildman–Crippen LogP) is 2.87. The lowest BCUT2D eigenvalue weighted by molar-refractivity contribution is -0.0504. The van der Waals surface area contributed by atoms with Crippen LogP contribution in [0.3, 0.4) is 0 Å². The van der Waals surface area contributed by atoms with Crippen molar-refractivity contribution in [1.82, 2.24) is 4.90 Å². The van der Waals surface area contributed by atoms with Crippen LogP contribution in [0.5, 0.6) is 0 Å². The van der Waals surface area contributed by atoms with Gasteiger partial charge in [-0.25, -0.2) is 4.79 Å². The van der Waals surface area contributed by atoms with E-state index in [9.17, 15) is 4.79 Å². The summed E-state index contributed by atoms with van der Waals surface area (Å²) in [5.74, 6) is 0. The van der Waals surface area contributed by atoms with E-state index < -0.39 is 5.60 Å². The first-order valence-corrected chi connectivity index (χ1v) is 7.15. The Kier molecular flexibility index (Phi) is 4.04. The van der Waals surface area contributed by atoms with Crippen molar-refractivity contribution in [2.75, 3.05) is 13.1 Å². The minimum Gasteiger partial charge on any atom is -0.444 e. The monoisotopic (exact) mass is 276 g/mol. The summed E-state index contributed by atoms with van der Waals surface area (Å²) in [6, 6.07) is 10.1. The lowest BCUT2D eigenvalue weighted by Crippen LogP contribution is -2.61. The highest BCUT2D eigenvalue weighted by molar-refractivity contribution is 5.71. The van der Waals surface area contributed by atoms with Gasteiger partial charge in [0.15, 0.2) is 0 Å². The molecule has 1 aromatic rings. The molecule has 1 atom stereocenters. The number of hydrogen-bond donors (Lipinski definition) is 1. The zero-order chi connectivity index (χ0) is 14.8. The average Bonchev–Trinajstić information content (AvgIpc) is 2.33. The van der Waals surface area contributed by atoms with E-state index in [1.165, 1.54) is 0 Å². The summed E-state index contributed by atoms with van der Waals surface area (Å²) >= 11 is 0. The van der Waals surface area contributed by atoms with Crippen molar-refractivity contribution in [3.05, 3.63) is 35.9 Å².